The summed E-state index contributed by atoms with van der Waals surface area (Å²) in [7, 11) is 0. The highest BCUT2D eigenvalue weighted by atomic mass is 16.6. The third-order valence-corrected chi connectivity index (χ3v) is 7.59. The molecule has 1 amide bonds. The van der Waals surface area contributed by atoms with Crippen molar-refractivity contribution in [2.24, 2.45) is 0 Å². The molecule has 0 spiro atoms. The van der Waals surface area contributed by atoms with Gasteiger partial charge in [0.2, 0.25) is 0 Å². The van der Waals surface area contributed by atoms with E-state index in [1.807, 2.05) is 36.4 Å². The van der Waals surface area contributed by atoms with Crippen LogP contribution >= 0.6 is 0 Å². The number of rotatable bonds is 8. The number of carbonyl (C=O) groups is 2. The largest absolute Gasteiger partial charge is 0.464 e. The number of aromatic nitrogens is 2. The second-order valence-electron chi connectivity index (χ2n) is 10.3. The summed E-state index contributed by atoms with van der Waals surface area (Å²) in [5.74, 6) is 0. The van der Waals surface area contributed by atoms with Crippen LogP contribution in [0.5, 0.6) is 0 Å². The molecule has 0 bridgehead atoms. The Hall–Kier alpha value is -4.37. The van der Waals surface area contributed by atoms with E-state index in [9.17, 15) is 19.5 Å². The van der Waals surface area contributed by atoms with E-state index in [2.05, 4.69) is 36.1 Å². The first-order valence-corrected chi connectivity index (χ1v) is 13.6. The molecule has 5 rings (SSSR count). The topological polar surface area (TPSA) is 97.0 Å². The van der Waals surface area contributed by atoms with Gasteiger partial charge < -0.3 is 14.7 Å². The van der Waals surface area contributed by atoms with Crippen molar-refractivity contribution < 1.29 is 19.4 Å². The fourth-order valence-corrected chi connectivity index (χ4v) is 5.41. The van der Waals surface area contributed by atoms with Crippen LogP contribution in [-0.2, 0) is 17.8 Å². The van der Waals surface area contributed by atoms with E-state index >= 15 is 0 Å². The van der Waals surface area contributed by atoms with Crippen molar-refractivity contribution in [3.8, 4) is 0 Å². The third-order valence-electron chi connectivity index (χ3n) is 7.59. The molecule has 9 nitrogen and oxygen atoms in total. The Kier molecular flexibility index (Phi) is 8.31. The SMILES string of the molecule is C[C@@H](COC(=O)N1CCC(n2c(=O)n(C(=O)O)c3ccccc32)CC1)N(Cc1ccccc1)Cc1ccccc1. The zero-order valence-corrected chi connectivity index (χ0v) is 22.6. The van der Waals surface area contributed by atoms with Crippen LogP contribution in [0.3, 0.4) is 0 Å². The summed E-state index contributed by atoms with van der Waals surface area (Å²) in [5, 5.41) is 9.58. The lowest BCUT2D eigenvalue weighted by Gasteiger charge is -2.33. The first-order chi connectivity index (χ1) is 19.4. The molecule has 1 aliphatic rings. The number of hydrogen-bond acceptors (Lipinski definition) is 5. The lowest BCUT2D eigenvalue weighted by Crippen LogP contribution is -2.43. The van der Waals surface area contributed by atoms with Gasteiger partial charge in [0.15, 0.2) is 0 Å². The van der Waals surface area contributed by atoms with Crippen LogP contribution in [0.4, 0.5) is 9.59 Å². The summed E-state index contributed by atoms with van der Waals surface area (Å²) in [5.41, 5.74) is 2.77. The van der Waals surface area contributed by atoms with Gasteiger partial charge in [0.05, 0.1) is 11.0 Å². The van der Waals surface area contributed by atoms with E-state index in [1.54, 1.807) is 33.7 Å². The zero-order chi connectivity index (χ0) is 28.1. The molecule has 1 aliphatic heterocycles. The minimum absolute atomic E-state index is 0.0115. The van der Waals surface area contributed by atoms with Crippen molar-refractivity contribution >= 4 is 23.2 Å². The number of likely N-dealkylation sites (tertiary alicyclic amines) is 1. The van der Waals surface area contributed by atoms with Gasteiger partial charge in [-0.2, -0.15) is 4.57 Å². The molecule has 2 heterocycles. The summed E-state index contributed by atoms with van der Waals surface area (Å²) in [6.07, 6.45) is -0.604. The molecule has 208 valence electrons. The number of carboxylic acid groups (broad SMARTS) is 1. The highest BCUT2D eigenvalue weighted by Gasteiger charge is 2.29. The summed E-state index contributed by atoms with van der Waals surface area (Å²) < 4.78 is 8.11. The predicted octanol–water partition coefficient (Wildman–Crippen LogP) is 5.19. The molecular weight excluding hydrogens is 508 g/mol. The Morgan fingerprint density at radius 2 is 1.40 bits per heavy atom. The summed E-state index contributed by atoms with van der Waals surface area (Å²) in [6.45, 7) is 4.64. The minimum Gasteiger partial charge on any atom is -0.464 e. The summed E-state index contributed by atoms with van der Waals surface area (Å²) >= 11 is 0. The molecule has 9 heteroatoms. The molecule has 1 saturated heterocycles. The van der Waals surface area contributed by atoms with Gasteiger partial charge in [-0.25, -0.2) is 14.4 Å². The molecule has 0 radical (unpaired) electrons. The van der Waals surface area contributed by atoms with Gasteiger partial charge in [-0.05, 0) is 43.0 Å². The van der Waals surface area contributed by atoms with E-state index in [-0.39, 0.29) is 24.8 Å². The molecule has 1 N–H and O–H groups in total. The second-order valence-corrected chi connectivity index (χ2v) is 10.3. The Bertz CT molecular complexity index is 1470. The van der Waals surface area contributed by atoms with Gasteiger partial charge in [-0.15, -0.1) is 0 Å². The number of carbonyl (C=O) groups excluding carboxylic acids is 1. The fraction of sp³-hybridized carbons (Fsp3) is 0.323. The first kappa shape index (κ1) is 27.2. The van der Waals surface area contributed by atoms with Crippen LogP contribution in [0.1, 0.15) is 36.9 Å². The quantitative estimate of drug-likeness (QED) is 0.329. The smallest absolute Gasteiger partial charge is 0.420 e. The number of fused-ring (bicyclic) bond motifs is 1. The number of nitrogens with zero attached hydrogens (tertiary/aromatic N) is 4. The normalized spacial score (nSPS) is 14.9. The van der Waals surface area contributed by atoms with E-state index < -0.39 is 11.8 Å². The number of benzene rings is 3. The van der Waals surface area contributed by atoms with Crippen molar-refractivity contribution in [1.82, 2.24) is 18.9 Å². The van der Waals surface area contributed by atoms with Crippen LogP contribution in [0.2, 0.25) is 0 Å². The molecule has 40 heavy (non-hydrogen) atoms. The minimum atomic E-state index is -1.30. The van der Waals surface area contributed by atoms with Crippen molar-refractivity contribution in [3.05, 3.63) is 107 Å². The van der Waals surface area contributed by atoms with Gasteiger partial charge in [0.1, 0.15) is 6.61 Å². The highest BCUT2D eigenvalue weighted by molar-refractivity contribution is 5.86. The van der Waals surface area contributed by atoms with Gasteiger partial charge in [0, 0.05) is 38.3 Å². The van der Waals surface area contributed by atoms with Crippen molar-refractivity contribution in [2.45, 2.75) is 44.9 Å². The summed E-state index contributed by atoms with van der Waals surface area (Å²) in [6, 6.07) is 27.2. The maximum atomic E-state index is 13.0. The standard InChI is InChI=1S/C31H34N4O5/c1-23(33(20-24-10-4-2-5-11-24)21-25-12-6-3-7-13-25)22-40-31(39)32-18-16-26(17-19-32)34-27-14-8-9-15-28(27)35(29(34)36)30(37)38/h2-15,23,26H,16-22H2,1H3,(H,37,38)/t23-/m0/s1. The predicted molar refractivity (Wildman–Crippen MR) is 152 cm³/mol. The maximum Gasteiger partial charge on any atom is 0.420 e. The lowest BCUT2D eigenvalue weighted by atomic mass is 10.0. The molecule has 0 aliphatic carbocycles. The average molecular weight is 543 g/mol. The van der Waals surface area contributed by atoms with Crippen LogP contribution in [0.15, 0.2) is 89.7 Å². The molecule has 1 atom stereocenters. The van der Waals surface area contributed by atoms with Gasteiger partial charge in [-0.3, -0.25) is 9.47 Å². The van der Waals surface area contributed by atoms with Crippen LogP contribution in [0, 0.1) is 0 Å². The second kappa shape index (κ2) is 12.2. The molecule has 0 saturated carbocycles. The molecule has 4 aromatic rings. The van der Waals surface area contributed by atoms with Crippen molar-refractivity contribution in [2.75, 3.05) is 19.7 Å². The van der Waals surface area contributed by atoms with Gasteiger partial charge in [0.25, 0.3) is 0 Å². The highest BCUT2D eigenvalue weighted by Crippen LogP contribution is 2.26. The molecular formula is C31H34N4O5. The van der Waals surface area contributed by atoms with Gasteiger partial charge in [-0.1, -0.05) is 72.8 Å². The monoisotopic (exact) mass is 542 g/mol. The molecule has 1 aromatic heterocycles. The lowest BCUT2D eigenvalue weighted by molar-refractivity contribution is 0.0567. The third kappa shape index (κ3) is 5.94. The number of amides is 1. The Balaban J connectivity index is 1.20. The van der Waals surface area contributed by atoms with E-state index in [0.29, 0.717) is 37.0 Å². The number of ether oxygens (including phenoxy) is 1. The molecule has 0 unspecified atom stereocenters. The Morgan fingerprint density at radius 3 is 1.95 bits per heavy atom. The summed E-state index contributed by atoms with van der Waals surface area (Å²) in [4.78, 5) is 41.7. The van der Waals surface area contributed by atoms with Crippen LogP contribution in [0.25, 0.3) is 11.0 Å². The fourth-order valence-electron chi connectivity index (χ4n) is 5.41. The van der Waals surface area contributed by atoms with E-state index in [1.165, 1.54) is 11.1 Å². The molecule has 1 fully saturated rings. The van der Waals surface area contributed by atoms with Crippen LogP contribution in [-0.4, -0.2) is 62.0 Å². The Labute approximate surface area is 232 Å². The van der Waals surface area contributed by atoms with Crippen molar-refractivity contribution in [1.29, 1.82) is 0 Å². The van der Waals surface area contributed by atoms with Crippen LogP contribution < -0.4 is 5.69 Å². The number of para-hydroxylation sites is 2. The van der Waals surface area contributed by atoms with E-state index in [4.69, 9.17) is 4.74 Å². The Morgan fingerprint density at radius 1 is 0.875 bits per heavy atom. The average Bonchev–Trinajstić information content (AvgIpc) is 3.28. The zero-order valence-electron chi connectivity index (χ0n) is 22.6. The number of piperidine rings is 1. The molecule has 3 aromatic carbocycles. The van der Waals surface area contributed by atoms with Gasteiger partial charge >= 0.3 is 17.9 Å². The number of imidazole rings is 1. The maximum absolute atomic E-state index is 13.0. The van der Waals surface area contributed by atoms with Crippen molar-refractivity contribution in [3.63, 3.8) is 0 Å². The number of hydrogen-bond donors (Lipinski definition) is 1. The van der Waals surface area contributed by atoms with E-state index in [0.717, 1.165) is 17.7 Å². The first-order valence-electron chi connectivity index (χ1n) is 13.6.